The van der Waals surface area contributed by atoms with Gasteiger partial charge in [0.1, 0.15) is 11.6 Å². The van der Waals surface area contributed by atoms with Crippen molar-refractivity contribution in [3.63, 3.8) is 0 Å². The van der Waals surface area contributed by atoms with Gasteiger partial charge in [0.15, 0.2) is 0 Å². The summed E-state index contributed by atoms with van der Waals surface area (Å²) in [5, 5.41) is 17.1. The van der Waals surface area contributed by atoms with E-state index in [-0.39, 0.29) is 30.0 Å². The van der Waals surface area contributed by atoms with E-state index < -0.39 is 47.0 Å². The van der Waals surface area contributed by atoms with Crippen LogP contribution in [0, 0.1) is 18.6 Å². The van der Waals surface area contributed by atoms with Crippen LogP contribution in [0.2, 0.25) is 0 Å². The first kappa shape index (κ1) is 36.6. The van der Waals surface area contributed by atoms with Gasteiger partial charge >= 0.3 is 6.18 Å². The molecule has 0 saturated heterocycles. The lowest BCUT2D eigenvalue weighted by molar-refractivity contribution is -0.137. The largest absolute Gasteiger partial charge is 0.416 e. The standard InChI is InChI=1S/C35H42F5N3O3/c1-6-11-43(12-7-2)33(46)25-14-22(3)13-24(18-25)32(45)42-30(17-23-15-28(36)20-29(37)16-23)31(44)21-41-34(4,5)26-9-8-10-27(19-26)35(38,39)40/h8-10,13-16,18-20,30-31,41,44H,6-7,11-12,17,21H2,1-5H3,(H,42,45)/t30-,31+/m0/s1. The van der Waals surface area contributed by atoms with Gasteiger partial charge in [-0.05, 0) is 99.2 Å². The minimum Gasteiger partial charge on any atom is -0.390 e. The Kier molecular flexibility index (Phi) is 12.5. The molecule has 0 saturated carbocycles. The minimum atomic E-state index is -4.54. The number of carbonyl (C=O) groups excluding carboxylic acids is 2. The fraction of sp³-hybridized carbons (Fsp3) is 0.429. The number of alkyl halides is 3. The minimum absolute atomic E-state index is 0.161. The second-order valence-corrected chi connectivity index (χ2v) is 12.1. The van der Waals surface area contributed by atoms with Crippen LogP contribution in [0.4, 0.5) is 22.0 Å². The summed E-state index contributed by atoms with van der Waals surface area (Å²) in [5.41, 5.74) is -0.193. The molecule has 11 heteroatoms. The van der Waals surface area contributed by atoms with Crippen molar-refractivity contribution in [2.24, 2.45) is 0 Å². The lowest BCUT2D eigenvalue weighted by Gasteiger charge is -2.31. The van der Waals surface area contributed by atoms with Gasteiger partial charge in [0.25, 0.3) is 11.8 Å². The molecular weight excluding hydrogens is 605 g/mol. The summed E-state index contributed by atoms with van der Waals surface area (Å²) in [6, 6.07) is 11.4. The van der Waals surface area contributed by atoms with Crippen molar-refractivity contribution in [3.8, 4) is 0 Å². The Labute approximate surface area is 267 Å². The van der Waals surface area contributed by atoms with Gasteiger partial charge in [0, 0.05) is 42.4 Å². The van der Waals surface area contributed by atoms with Crippen LogP contribution in [0.15, 0.2) is 60.7 Å². The molecule has 3 N–H and O–H groups in total. The Balaban J connectivity index is 1.88. The highest BCUT2D eigenvalue weighted by Crippen LogP contribution is 2.32. The number of benzene rings is 3. The summed E-state index contributed by atoms with van der Waals surface area (Å²) >= 11 is 0. The summed E-state index contributed by atoms with van der Waals surface area (Å²) in [6.45, 7) is 9.92. The second-order valence-electron chi connectivity index (χ2n) is 12.1. The summed E-state index contributed by atoms with van der Waals surface area (Å²) in [5.74, 6) is -2.49. The molecule has 0 radical (unpaired) electrons. The van der Waals surface area contributed by atoms with Gasteiger partial charge in [-0.25, -0.2) is 8.78 Å². The molecule has 3 rings (SSSR count). The number of hydrogen-bond donors (Lipinski definition) is 3. The van der Waals surface area contributed by atoms with Gasteiger partial charge in [-0.1, -0.05) is 26.0 Å². The number of aliphatic hydroxyl groups is 1. The number of carbonyl (C=O) groups is 2. The van der Waals surface area contributed by atoms with Gasteiger partial charge < -0.3 is 20.6 Å². The molecule has 2 amide bonds. The molecule has 6 nitrogen and oxygen atoms in total. The maximum atomic E-state index is 14.0. The zero-order valence-electron chi connectivity index (χ0n) is 26.8. The number of aryl methyl sites for hydroxylation is 1. The molecule has 250 valence electrons. The SMILES string of the molecule is CCCN(CCC)C(=O)c1cc(C)cc(C(=O)N[C@@H](Cc2cc(F)cc(F)c2)[C@H](O)CNC(C)(C)c2cccc(C(F)(F)F)c2)c1. The van der Waals surface area contributed by atoms with E-state index in [1.807, 2.05) is 13.8 Å². The van der Waals surface area contributed by atoms with Crippen LogP contribution >= 0.6 is 0 Å². The molecule has 0 spiro atoms. The number of halogens is 5. The number of nitrogens with zero attached hydrogens (tertiary/aromatic N) is 1. The molecule has 0 bridgehead atoms. The Morgan fingerprint density at radius 1 is 0.870 bits per heavy atom. The van der Waals surface area contributed by atoms with Crippen LogP contribution in [0.5, 0.6) is 0 Å². The van der Waals surface area contributed by atoms with E-state index in [0.29, 0.717) is 35.8 Å². The zero-order chi connectivity index (χ0) is 34.2. The molecule has 46 heavy (non-hydrogen) atoms. The maximum Gasteiger partial charge on any atom is 0.416 e. The molecule has 0 aliphatic heterocycles. The predicted molar refractivity (Wildman–Crippen MR) is 167 cm³/mol. The topological polar surface area (TPSA) is 81.7 Å². The molecule has 0 unspecified atom stereocenters. The number of hydrogen-bond acceptors (Lipinski definition) is 4. The fourth-order valence-corrected chi connectivity index (χ4v) is 5.28. The van der Waals surface area contributed by atoms with Crippen molar-refractivity contribution in [3.05, 3.63) is 106 Å². The van der Waals surface area contributed by atoms with Crippen LogP contribution in [0.25, 0.3) is 0 Å². The third kappa shape index (κ3) is 10.1. The molecule has 0 heterocycles. The van der Waals surface area contributed by atoms with Crippen LogP contribution in [0.3, 0.4) is 0 Å². The summed E-state index contributed by atoms with van der Waals surface area (Å²) < 4.78 is 68.1. The van der Waals surface area contributed by atoms with Crippen molar-refractivity contribution in [1.29, 1.82) is 0 Å². The third-order valence-corrected chi connectivity index (χ3v) is 7.68. The average molecular weight is 648 g/mol. The highest BCUT2D eigenvalue weighted by Gasteiger charge is 2.33. The zero-order valence-corrected chi connectivity index (χ0v) is 26.8. The number of aliphatic hydroxyl groups excluding tert-OH is 1. The normalized spacial score (nSPS) is 13.3. The van der Waals surface area contributed by atoms with Crippen LogP contribution in [-0.4, -0.2) is 53.6 Å². The number of rotatable bonds is 14. The molecule has 3 aromatic rings. The van der Waals surface area contributed by atoms with Crippen LogP contribution in [0.1, 0.15) is 83.5 Å². The third-order valence-electron chi connectivity index (χ3n) is 7.68. The van der Waals surface area contributed by atoms with E-state index in [4.69, 9.17) is 0 Å². The van der Waals surface area contributed by atoms with Crippen molar-refractivity contribution in [2.75, 3.05) is 19.6 Å². The van der Waals surface area contributed by atoms with Crippen molar-refractivity contribution >= 4 is 11.8 Å². The Bertz CT molecular complexity index is 1480. The van der Waals surface area contributed by atoms with E-state index in [2.05, 4.69) is 10.6 Å². The smallest absolute Gasteiger partial charge is 0.390 e. The Morgan fingerprint density at radius 3 is 2.04 bits per heavy atom. The number of nitrogens with one attached hydrogen (secondary N) is 2. The van der Waals surface area contributed by atoms with Gasteiger partial charge in [0.05, 0.1) is 17.7 Å². The molecule has 0 aliphatic carbocycles. The molecule has 0 fully saturated rings. The molecular formula is C35H42F5N3O3. The molecule has 0 aromatic heterocycles. The molecule has 3 aromatic carbocycles. The van der Waals surface area contributed by atoms with Crippen molar-refractivity contribution in [1.82, 2.24) is 15.5 Å². The van der Waals surface area contributed by atoms with Gasteiger partial charge in [-0.2, -0.15) is 13.2 Å². The first-order valence-corrected chi connectivity index (χ1v) is 15.3. The van der Waals surface area contributed by atoms with Gasteiger partial charge in [0.2, 0.25) is 0 Å². The quantitative estimate of drug-likeness (QED) is 0.169. The van der Waals surface area contributed by atoms with Crippen molar-refractivity contribution in [2.45, 2.75) is 77.7 Å². The second kappa shape index (κ2) is 15.6. The lowest BCUT2D eigenvalue weighted by atomic mass is 9.91. The van der Waals surface area contributed by atoms with Gasteiger partial charge in [-0.3, -0.25) is 9.59 Å². The van der Waals surface area contributed by atoms with E-state index in [9.17, 15) is 36.6 Å². The van der Waals surface area contributed by atoms with Crippen LogP contribution in [-0.2, 0) is 18.1 Å². The van der Waals surface area contributed by atoms with Crippen LogP contribution < -0.4 is 10.6 Å². The Hall–Kier alpha value is -3.83. The molecule has 2 atom stereocenters. The maximum absolute atomic E-state index is 14.0. The summed E-state index contributed by atoms with van der Waals surface area (Å²) in [6.07, 6.45) is -4.50. The lowest BCUT2D eigenvalue weighted by Crippen LogP contribution is -2.51. The highest BCUT2D eigenvalue weighted by molar-refractivity contribution is 6.00. The van der Waals surface area contributed by atoms with Crippen molar-refractivity contribution < 1.29 is 36.6 Å². The Morgan fingerprint density at radius 2 is 1.46 bits per heavy atom. The fourth-order valence-electron chi connectivity index (χ4n) is 5.28. The van der Waals surface area contributed by atoms with Gasteiger partial charge in [-0.15, -0.1) is 0 Å². The predicted octanol–water partition coefficient (Wildman–Crippen LogP) is 6.78. The first-order valence-electron chi connectivity index (χ1n) is 15.3. The first-order chi connectivity index (χ1) is 21.5. The van der Waals surface area contributed by atoms with E-state index >= 15 is 0 Å². The highest BCUT2D eigenvalue weighted by atomic mass is 19.4. The summed E-state index contributed by atoms with van der Waals surface area (Å²) in [4.78, 5) is 28.6. The van der Waals surface area contributed by atoms with E-state index in [1.54, 1.807) is 37.8 Å². The number of amides is 2. The monoisotopic (exact) mass is 647 g/mol. The average Bonchev–Trinajstić information content (AvgIpc) is 2.98. The molecule has 0 aliphatic rings. The summed E-state index contributed by atoms with van der Waals surface area (Å²) in [7, 11) is 0. The van der Waals surface area contributed by atoms with E-state index in [1.165, 1.54) is 18.2 Å². The van der Waals surface area contributed by atoms with E-state index in [0.717, 1.165) is 37.1 Å².